The summed E-state index contributed by atoms with van der Waals surface area (Å²) in [6, 6.07) is 10.9. The number of nitrogens with one attached hydrogen (secondary N) is 1. The molecule has 0 unspecified atom stereocenters. The van der Waals surface area contributed by atoms with E-state index in [1.54, 1.807) is 12.1 Å². The molecule has 2 aromatic heterocycles. The average molecular weight is 441 g/mol. The quantitative estimate of drug-likeness (QED) is 0.354. The second-order valence-corrected chi connectivity index (χ2v) is 7.97. The molecule has 0 aliphatic rings. The van der Waals surface area contributed by atoms with Crippen LogP contribution >= 0.6 is 57.7 Å². The first-order chi connectivity index (χ1) is 12.5. The van der Waals surface area contributed by atoms with E-state index in [0.29, 0.717) is 31.6 Å². The second-order valence-electron chi connectivity index (χ2n) is 5.43. The van der Waals surface area contributed by atoms with Crippen LogP contribution in [0.4, 0.5) is 11.5 Å². The van der Waals surface area contributed by atoms with Crippen LogP contribution in [0, 0.1) is 0 Å². The molecule has 4 aromatic rings. The van der Waals surface area contributed by atoms with Gasteiger partial charge in [0.1, 0.15) is 17.0 Å². The summed E-state index contributed by atoms with van der Waals surface area (Å²) in [5.74, 6) is 0.618. The molecule has 8 heteroatoms. The van der Waals surface area contributed by atoms with Crippen LogP contribution in [0.3, 0.4) is 0 Å². The highest BCUT2D eigenvalue weighted by atomic mass is 35.5. The zero-order valence-corrected chi connectivity index (χ0v) is 16.8. The molecule has 4 rings (SSSR count). The topological polar surface area (TPSA) is 37.8 Å². The number of nitrogens with zero attached hydrogens (tertiary/aromatic N) is 2. The minimum atomic E-state index is 0.414. The van der Waals surface area contributed by atoms with Gasteiger partial charge >= 0.3 is 0 Å². The van der Waals surface area contributed by atoms with Crippen molar-refractivity contribution in [1.82, 2.24) is 9.97 Å². The van der Waals surface area contributed by atoms with Crippen LogP contribution in [0.2, 0.25) is 20.1 Å². The van der Waals surface area contributed by atoms with Crippen LogP contribution in [0.15, 0.2) is 48.1 Å². The maximum Gasteiger partial charge on any atom is 0.143 e. The SMILES string of the molecule is Clc1ccc(-c2csc3ncnc(Nc4c(Cl)cc(Cl)cc4Cl)c23)cc1. The number of rotatable bonds is 3. The summed E-state index contributed by atoms with van der Waals surface area (Å²) in [5, 5.41) is 8.14. The molecule has 0 spiro atoms. The molecule has 2 aromatic carbocycles. The van der Waals surface area contributed by atoms with Gasteiger partial charge in [0.25, 0.3) is 0 Å². The molecule has 0 bridgehead atoms. The summed E-state index contributed by atoms with van der Waals surface area (Å²) in [6.45, 7) is 0. The molecular formula is C18H9Cl4N3S. The standard InChI is InChI=1S/C18H9Cl4N3S/c19-10-3-1-9(2-4-10)12-7-26-18-15(12)17(23-8-24-18)25-16-13(21)5-11(20)6-14(16)22/h1-8H,(H,23,24,25). The van der Waals surface area contributed by atoms with Crippen LogP contribution in [0.1, 0.15) is 0 Å². The van der Waals surface area contributed by atoms with Gasteiger partial charge in [-0.3, -0.25) is 0 Å². The fourth-order valence-corrected chi connectivity index (χ4v) is 4.55. The van der Waals surface area contributed by atoms with Gasteiger partial charge in [-0.25, -0.2) is 9.97 Å². The van der Waals surface area contributed by atoms with Crippen LogP contribution in [0.25, 0.3) is 21.3 Å². The number of fused-ring (bicyclic) bond motifs is 1. The normalized spacial score (nSPS) is 11.1. The number of halogens is 4. The Morgan fingerprint density at radius 2 is 1.54 bits per heavy atom. The van der Waals surface area contributed by atoms with Gasteiger partial charge in [0.05, 0.1) is 21.1 Å². The summed E-state index contributed by atoms with van der Waals surface area (Å²) >= 11 is 26.1. The van der Waals surface area contributed by atoms with Crippen molar-refractivity contribution >= 4 is 79.5 Å². The minimum Gasteiger partial charge on any atom is -0.337 e. The van der Waals surface area contributed by atoms with E-state index in [1.165, 1.54) is 17.7 Å². The summed E-state index contributed by atoms with van der Waals surface area (Å²) in [4.78, 5) is 9.61. The van der Waals surface area contributed by atoms with Crippen molar-refractivity contribution in [3.05, 3.63) is 68.2 Å². The van der Waals surface area contributed by atoms with Crippen molar-refractivity contribution in [1.29, 1.82) is 0 Å². The second kappa shape index (κ2) is 7.22. The van der Waals surface area contributed by atoms with E-state index >= 15 is 0 Å². The monoisotopic (exact) mass is 439 g/mol. The fourth-order valence-electron chi connectivity index (χ4n) is 2.59. The van der Waals surface area contributed by atoms with E-state index in [9.17, 15) is 0 Å². The molecule has 0 aliphatic heterocycles. The van der Waals surface area contributed by atoms with Crippen molar-refractivity contribution in [3.8, 4) is 11.1 Å². The molecule has 0 radical (unpaired) electrons. The molecule has 0 atom stereocenters. The zero-order chi connectivity index (χ0) is 18.3. The lowest BCUT2D eigenvalue weighted by Gasteiger charge is -2.12. The Hall–Kier alpha value is -1.56. The molecule has 2 heterocycles. The van der Waals surface area contributed by atoms with Gasteiger partial charge in [-0.2, -0.15) is 0 Å². The van der Waals surface area contributed by atoms with Crippen molar-refractivity contribution in [2.24, 2.45) is 0 Å². The van der Waals surface area contributed by atoms with Crippen LogP contribution in [-0.2, 0) is 0 Å². The predicted octanol–water partition coefficient (Wildman–Crippen LogP) is 7.72. The van der Waals surface area contributed by atoms with E-state index in [4.69, 9.17) is 46.4 Å². The highest BCUT2D eigenvalue weighted by Gasteiger charge is 2.16. The Morgan fingerprint density at radius 1 is 0.846 bits per heavy atom. The third-order valence-electron chi connectivity index (χ3n) is 3.78. The molecule has 0 fully saturated rings. The third-order valence-corrected chi connectivity index (χ3v) is 5.73. The first-order valence-corrected chi connectivity index (χ1v) is 9.82. The number of anilines is 2. The number of thiophene rings is 1. The summed E-state index contributed by atoms with van der Waals surface area (Å²) in [7, 11) is 0. The highest BCUT2D eigenvalue weighted by Crippen LogP contribution is 2.40. The van der Waals surface area contributed by atoms with E-state index in [-0.39, 0.29) is 0 Å². The zero-order valence-electron chi connectivity index (χ0n) is 12.9. The molecule has 0 amide bonds. The largest absolute Gasteiger partial charge is 0.337 e. The molecule has 26 heavy (non-hydrogen) atoms. The lowest BCUT2D eigenvalue weighted by Crippen LogP contribution is -1.97. The van der Waals surface area contributed by atoms with Crippen LogP contribution in [0.5, 0.6) is 0 Å². The van der Waals surface area contributed by atoms with Crippen molar-refractivity contribution in [2.45, 2.75) is 0 Å². The summed E-state index contributed by atoms with van der Waals surface area (Å²) in [6.07, 6.45) is 1.50. The molecule has 0 saturated carbocycles. The Bertz CT molecular complexity index is 1090. The van der Waals surface area contributed by atoms with Gasteiger partial charge in [-0.05, 0) is 29.8 Å². The first-order valence-electron chi connectivity index (χ1n) is 7.42. The Labute approximate surface area is 173 Å². The minimum absolute atomic E-state index is 0.414. The van der Waals surface area contributed by atoms with Crippen molar-refractivity contribution in [3.63, 3.8) is 0 Å². The van der Waals surface area contributed by atoms with Gasteiger partial charge in [0.15, 0.2) is 0 Å². The Morgan fingerprint density at radius 3 is 2.23 bits per heavy atom. The number of hydrogen-bond donors (Lipinski definition) is 1. The van der Waals surface area contributed by atoms with Crippen LogP contribution < -0.4 is 5.32 Å². The average Bonchev–Trinajstić information content (AvgIpc) is 3.03. The maximum absolute atomic E-state index is 6.30. The highest BCUT2D eigenvalue weighted by molar-refractivity contribution is 7.17. The molecule has 0 saturated heterocycles. The summed E-state index contributed by atoms with van der Waals surface area (Å²) < 4.78 is 0. The molecule has 1 N–H and O–H groups in total. The van der Waals surface area contributed by atoms with Gasteiger partial charge < -0.3 is 5.32 Å². The third kappa shape index (κ3) is 3.36. The summed E-state index contributed by atoms with van der Waals surface area (Å²) in [5.41, 5.74) is 2.57. The Kier molecular flexibility index (Phi) is 4.95. The molecule has 0 aliphatic carbocycles. The van der Waals surface area contributed by atoms with Crippen molar-refractivity contribution in [2.75, 3.05) is 5.32 Å². The molecule has 3 nitrogen and oxygen atoms in total. The molecular weight excluding hydrogens is 432 g/mol. The Balaban J connectivity index is 1.86. The lowest BCUT2D eigenvalue weighted by molar-refractivity contribution is 1.23. The first kappa shape index (κ1) is 17.8. The number of benzene rings is 2. The van der Waals surface area contributed by atoms with E-state index in [2.05, 4.69) is 15.3 Å². The number of aromatic nitrogens is 2. The molecule has 130 valence electrons. The van der Waals surface area contributed by atoms with E-state index in [0.717, 1.165) is 21.3 Å². The predicted molar refractivity (Wildman–Crippen MR) is 113 cm³/mol. The maximum atomic E-state index is 6.30. The van der Waals surface area contributed by atoms with Gasteiger partial charge in [-0.1, -0.05) is 58.5 Å². The van der Waals surface area contributed by atoms with Crippen LogP contribution in [-0.4, -0.2) is 9.97 Å². The number of hydrogen-bond acceptors (Lipinski definition) is 4. The lowest BCUT2D eigenvalue weighted by atomic mass is 10.1. The van der Waals surface area contributed by atoms with Gasteiger partial charge in [0.2, 0.25) is 0 Å². The van der Waals surface area contributed by atoms with E-state index < -0.39 is 0 Å². The fraction of sp³-hybridized carbons (Fsp3) is 0. The van der Waals surface area contributed by atoms with Crippen molar-refractivity contribution < 1.29 is 0 Å². The van der Waals surface area contributed by atoms with Gasteiger partial charge in [-0.15, -0.1) is 11.3 Å². The van der Waals surface area contributed by atoms with E-state index in [1.807, 2.05) is 29.6 Å². The van der Waals surface area contributed by atoms with Gasteiger partial charge in [0, 0.05) is 21.0 Å². The smallest absolute Gasteiger partial charge is 0.143 e.